The number of hydrogen-bond donors (Lipinski definition) is 1. The molecule has 4 rings (SSSR count). The van der Waals surface area contributed by atoms with Crippen LogP contribution >= 0.6 is 22.9 Å². The Bertz CT molecular complexity index is 1110. The molecule has 0 aliphatic carbocycles. The quantitative estimate of drug-likeness (QED) is 0.793. The molecule has 1 atom stereocenters. The maximum Gasteiger partial charge on any atom is 0.283 e. The van der Waals surface area contributed by atoms with Crippen LogP contribution in [0.3, 0.4) is 0 Å². The van der Waals surface area contributed by atoms with E-state index in [0.717, 1.165) is 15.3 Å². The summed E-state index contributed by atoms with van der Waals surface area (Å²) in [7, 11) is -3.10. The van der Waals surface area contributed by atoms with E-state index < -0.39 is 21.0 Å². The Morgan fingerprint density at radius 1 is 1.37 bits per heavy atom. The van der Waals surface area contributed by atoms with E-state index in [1.54, 1.807) is 18.3 Å². The van der Waals surface area contributed by atoms with Crippen molar-refractivity contribution in [2.75, 3.05) is 11.5 Å². The van der Waals surface area contributed by atoms with Crippen LogP contribution in [-0.2, 0) is 20.1 Å². The van der Waals surface area contributed by atoms with Gasteiger partial charge in [0.1, 0.15) is 17.2 Å². The standard InChI is InChI=1S/C17H15ClN4O3S2/c1-16(7-17(25-15(20)22-16)8-27(23,24)9-17)14-12(18)3-13(26-14)11-2-10(4-19)5-21-6-11/h2-3,5-6H,7-9H2,1H3,(H2,20,22). The Kier molecular flexibility index (Phi) is 4.00. The molecule has 140 valence electrons. The Morgan fingerprint density at radius 2 is 2.11 bits per heavy atom. The number of ether oxygens (including phenoxy) is 1. The maximum absolute atomic E-state index is 11.7. The van der Waals surface area contributed by atoms with Gasteiger partial charge in [-0.15, -0.1) is 11.3 Å². The predicted molar refractivity (Wildman–Crippen MR) is 103 cm³/mol. The van der Waals surface area contributed by atoms with Crippen molar-refractivity contribution in [3.63, 3.8) is 0 Å². The van der Waals surface area contributed by atoms with Gasteiger partial charge < -0.3 is 10.5 Å². The van der Waals surface area contributed by atoms with Crippen LogP contribution in [0.4, 0.5) is 0 Å². The summed E-state index contributed by atoms with van der Waals surface area (Å²) in [6, 6.07) is 5.58. The van der Waals surface area contributed by atoms with E-state index in [1.807, 2.05) is 6.92 Å². The van der Waals surface area contributed by atoms with Crippen LogP contribution in [0.25, 0.3) is 10.4 Å². The molecular formula is C17H15ClN4O3S2. The van der Waals surface area contributed by atoms with Crippen LogP contribution in [0.5, 0.6) is 0 Å². The van der Waals surface area contributed by atoms with Crippen LogP contribution in [0.2, 0.25) is 5.02 Å². The van der Waals surface area contributed by atoms with Gasteiger partial charge in [0.25, 0.3) is 6.02 Å². The third-order valence-corrected chi connectivity index (χ3v) is 8.42. The number of nitrogens with zero attached hydrogens (tertiary/aromatic N) is 3. The number of pyridine rings is 1. The Hall–Kier alpha value is -2.15. The van der Waals surface area contributed by atoms with E-state index in [2.05, 4.69) is 16.0 Å². The molecule has 2 aromatic heterocycles. The van der Waals surface area contributed by atoms with Crippen LogP contribution in [0.1, 0.15) is 23.8 Å². The first-order valence-electron chi connectivity index (χ1n) is 8.04. The molecule has 0 aromatic carbocycles. The molecule has 1 saturated heterocycles. The van der Waals surface area contributed by atoms with Gasteiger partial charge in [-0.05, 0) is 19.1 Å². The Morgan fingerprint density at radius 3 is 2.78 bits per heavy atom. The summed E-state index contributed by atoms with van der Waals surface area (Å²) in [4.78, 5) is 10.1. The minimum absolute atomic E-state index is 0.0298. The summed E-state index contributed by atoms with van der Waals surface area (Å²) in [5.74, 6) is -0.147. The molecule has 2 aliphatic rings. The van der Waals surface area contributed by atoms with Gasteiger partial charge >= 0.3 is 0 Å². The lowest BCUT2D eigenvalue weighted by Gasteiger charge is -2.47. The second-order valence-electron chi connectivity index (χ2n) is 7.08. The zero-order valence-electron chi connectivity index (χ0n) is 14.3. The SMILES string of the molecule is CC1(c2sc(-c3cncc(C#N)c3)cc2Cl)CC2(CS(=O)(=O)C2)OC(N)=N1. The van der Waals surface area contributed by atoms with E-state index in [9.17, 15) is 8.42 Å². The van der Waals surface area contributed by atoms with E-state index in [-0.39, 0.29) is 17.5 Å². The molecule has 0 radical (unpaired) electrons. The predicted octanol–water partition coefficient (Wildman–Crippen LogP) is 2.45. The van der Waals surface area contributed by atoms with E-state index in [1.165, 1.54) is 17.5 Å². The molecule has 1 spiro atoms. The molecule has 0 amide bonds. The van der Waals surface area contributed by atoms with Gasteiger partial charge in [-0.1, -0.05) is 11.6 Å². The van der Waals surface area contributed by atoms with Crippen molar-refractivity contribution in [2.45, 2.75) is 24.5 Å². The second kappa shape index (κ2) is 5.92. The monoisotopic (exact) mass is 422 g/mol. The van der Waals surface area contributed by atoms with Crippen molar-refractivity contribution < 1.29 is 13.2 Å². The van der Waals surface area contributed by atoms with Crippen LogP contribution in [-0.4, -0.2) is 36.5 Å². The first kappa shape index (κ1) is 18.2. The van der Waals surface area contributed by atoms with Crippen molar-refractivity contribution in [2.24, 2.45) is 10.7 Å². The molecule has 2 aliphatic heterocycles. The number of rotatable bonds is 2. The smallest absolute Gasteiger partial charge is 0.283 e. The van der Waals surface area contributed by atoms with E-state index in [4.69, 9.17) is 27.3 Å². The number of aromatic nitrogens is 1. The fourth-order valence-electron chi connectivity index (χ4n) is 3.76. The van der Waals surface area contributed by atoms with Crippen LogP contribution in [0, 0.1) is 11.3 Å². The van der Waals surface area contributed by atoms with Gasteiger partial charge in [0, 0.05) is 29.3 Å². The van der Waals surface area contributed by atoms with Crippen LogP contribution in [0.15, 0.2) is 29.5 Å². The molecule has 2 N–H and O–H groups in total. The minimum atomic E-state index is -3.10. The topological polar surface area (TPSA) is 118 Å². The fourth-order valence-corrected chi connectivity index (χ4v) is 7.21. The lowest BCUT2D eigenvalue weighted by molar-refractivity contribution is 0.0326. The number of sulfone groups is 1. The number of hydrogen-bond acceptors (Lipinski definition) is 8. The van der Waals surface area contributed by atoms with Gasteiger partial charge in [0.15, 0.2) is 9.84 Å². The minimum Gasteiger partial charge on any atom is -0.457 e. The van der Waals surface area contributed by atoms with Crippen molar-refractivity contribution in [1.82, 2.24) is 4.98 Å². The summed E-state index contributed by atoms with van der Waals surface area (Å²) < 4.78 is 29.0. The first-order chi connectivity index (χ1) is 12.6. The largest absolute Gasteiger partial charge is 0.457 e. The van der Waals surface area contributed by atoms with Gasteiger partial charge in [-0.25, -0.2) is 13.4 Å². The molecule has 0 saturated carbocycles. The van der Waals surface area contributed by atoms with E-state index in [0.29, 0.717) is 17.0 Å². The Balaban J connectivity index is 1.74. The number of nitrogens with two attached hydrogens (primary N) is 1. The highest BCUT2D eigenvalue weighted by molar-refractivity contribution is 7.93. The number of amidine groups is 1. The van der Waals surface area contributed by atoms with Gasteiger partial charge in [-0.3, -0.25) is 4.98 Å². The molecule has 27 heavy (non-hydrogen) atoms. The summed E-state index contributed by atoms with van der Waals surface area (Å²) >= 11 is 7.93. The zero-order chi connectivity index (χ0) is 19.4. The molecule has 4 heterocycles. The van der Waals surface area contributed by atoms with Gasteiger partial charge in [0.2, 0.25) is 0 Å². The molecule has 7 nitrogen and oxygen atoms in total. The Labute approximate surface area is 165 Å². The van der Waals surface area contributed by atoms with Crippen molar-refractivity contribution >= 4 is 38.8 Å². The number of aliphatic imine (C=N–C) groups is 1. The zero-order valence-corrected chi connectivity index (χ0v) is 16.7. The van der Waals surface area contributed by atoms with Crippen LogP contribution < -0.4 is 5.73 Å². The van der Waals surface area contributed by atoms with Crippen molar-refractivity contribution in [1.29, 1.82) is 5.26 Å². The van der Waals surface area contributed by atoms with Crippen molar-refractivity contribution in [3.05, 3.63) is 40.0 Å². The lowest BCUT2D eigenvalue weighted by Crippen LogP contribution is -2.62. The van der Waals surface area contributed by atoms with Gasteiger partial charge in [0.05, 0.1) is 27.0 Å². The van der Waals surface area contributed by atoms with E-state index >= 15 is 0 Å². The third-order valence-electron chi connectivity index (χ3n) is 4.64. The molecule has 2 aromatic rings. The van der Waals surface area contributed by atoms with Gasteiger partial charge in [-0.2, -0.15) is 5.26 Å². The third kappa shape index (κ3) is 3.18. The molecule has 1 fully saturated rings. The highest BCUT2D eigenvalue weighted by Gasteiger charge is 2.57. The molecule has 1 unspecified atom stereocenters. The van der Waals surface area contributed by atoms with Crippen molar-refractivity contribution in [3.8, 4) is 16.5 Å². The summed E-state index contributed by atoms with van der Waals surface area (Å²) in [5.41, 5.74) is 5.46. The maximum atomic E-state index is 11.7. The second-order valence-corrected chi connectivity index (χ2v) is 10.6. The lowest BCUT2D eigenvalue weighted by atomic mass is 9.85. The summed E-state index contributed by atoms with van der Waals surface area (Å²) in [6.07, 6.45) is 3.53. The normalized spacial score (nSPS) is 25.1. The summed E-state index contributed by atoms with van der Waals surface area (Å²) in [6.45, 7) is 1.88. The molecular weight excluding hydrogens is 408 g/mol. The number of nitriles is 1. The molecule has 0 bridgehead atoms. The number of thiophene rings is 1. The summed E-state index contributed by atoms with van der Waals surface area (Å²) in [5, 5.41) is 9.58. The average Bonchev–Trinajstić information content (AvgIpc) is 2.95. The highest BCUT2D eigenvalue weighted by Crippen LogP contribution is 2.49. The molecule has 10 heteroatoms. The first-order valence-corrected chi connectivity index (χ1v) is 11.1. The number of halogens is 1. The average molecular weight is 423 g/mol. The highest BCUT2D eigenvalue weighted by atomic mass is 35.5. The fraction of sp³-hybridized carbons (Fsp3) is 0.353.